The van der Waals surface area contributed by atoms with Gasteiger partial charge in [-0.15, -0.1) is 0 Å². The number of nitrogens with one attached hydrogen (secondary N) is 1. The lowest BCUT2D eigenvalue weighted by Crippen LogP contribution is -2.12. The third-order valence-corrected chi connectivity index (χ3v) is 5.81. The Morgan fingerprint density at radius 1 is 1.00 bits per heavy atom. The van der Waals surface area contributed by atoms with Gasteiger partial charge in [0, 0.05) is 11.9 Å². The number of rotatable bonds is 4. The number of anilines is 2. The Morgan fingerprint density at radius 2 is 1.81 bits per heavy atom. The number of carboxylic acid groups (broad SMARTS) is 1. The standard InChI is InChI=1S/C24H17N5O2/c30-23(31)15-7-9-18(10-8-15)27-24-25-12-17-13-26-29(22(17)28-24)20-11-16-5-1-3-14-4-2-6-19(20)21(14)16/h1-10,12-13,20H,11H2,(H,30,31)(H,25,27,28)/t20-/m0/s1. The monoisotopic (exact) mass is 407 g/mol. The average molecular weight is 407 g/mol. The van der Waals surface area contributed by atoms with Crippen molar-refractivity contribution >= 4 is 39.4 Å². The van der Waals surface area contributed by atoms with Crippen LogP contribution in [0.5, 0.6) is 0 Å². The molecule has 1 aliphatic rings. The highest BCUT2D eigenvalue weighted by atomic mass is 16.4. The Kier molecular flexibility index (Phi) is 3.76. The van der Waals surface area contributed by atoms with Gasteiger partial charge in [0.25, 0.3) is 0 Å². The first-order valence-electron chi connectivity index (χ1n) is 9.98. The van der Waals surface area contributed by atoms with E-state index in [0.29, 0.717) is 11.6 Å². The molecule has 2 aromatic heterocycles. The molecule has 3 aromatic carbocycles. The number of hydrogen-bond donors (Lipinski definition) is 2. The Bertz CT molecular complexity index is 1470. The van der Waals surface area contributed by atoms with Gasteiger partial charge in [0.05, 0.1) is 23.2 Å². The second kappa shape index (κ2) is 6.63. The summed E-state index contributed by atoms with van der Waals surface area (Å²) in [4.78, 5) is 20.2. The van der Waals surface area contributed by atoms with Crippen LogP contribution in [0.4, 0.5) is 11.6 Å². The van der Waals surface area contributed by atoms with Crippen molar-refractivity contribution in [3.63, 3.8) is 0 Å². The van der Waals surface area contributed by atoms with Crippen LogP contribution < -0.4 is 5.32 Å². The first-order chi connectivity index (χ1) is 15.2. The number of nitrogens with zero attached hydrogens (tertiary/aromatic N) is 4. The van der Waals surface area contributed by atoms with Crippen LogP contribution >= 0.6 is 0 Å². The van der Waals surface area contributed by atoms with Crippen LogP contribution in [0, 0.1) is 0 Å². The highest BCUT2D eigenvalue weighted by molar-refractivity contribution is 5.92. The minimum atomic E-state index is -0.958. The summed E-state index contributed by atoms with van der Waals surface area (Å²) in [5.41, 5.74) is 4.29. The van der Waals surface area contributed by atoms with E-state index in [2.05, 4.69) is 51.8 Å². The predicted octanol–water partition coefficient (Wildman–Crippen LogP) is 4.57. The van der Waals surface area contributed by atoms with Crippen molar-refractivity contribution in [3.8, 4) is 0 Å². The van der Waals surface area contributed by atoms with Crippen LogP contribution in [-0.4, -0.2) is 30.8 Å². The number of benzene rings is 3. The van der Waals surface area contributed by atoms with Gasteiger partial charge in [-0.25, -0.2) is 14.5 Å². The fourth-order valence-electron chi connectivity index (χ4n) is 4.38. The van der Waals surface area contributed by atoms with Crippen LogP contribution in [0.25, 0.3) is 21.8 Å². The topological polar surface area (TPSA) is 92.9 Å². The van der Waals surface area contributed by atoms with Gasteiger partial charge in [0.15, 0.2) is 5.65 Å². The lowest BCUT2D eigenvalue weighted by atomic mass is 10.0. The molecule has 31 heavy (non-hydrogen) atoms. The highest BCUT2D eigenvalue weighted by Crippen LogP contribution is 2.39. The Labute approximate surface area is 177 Å². The summed E-state index contributed by atoms with van der Waals surface area (Å²) in [6, 6.07) is 19.4. The van der Waals surface area contributed by atoms with Crippen molar-refractivity contribution < 1.29 is 9.90 Å². The second-order valence-corrected chi connectivity index (χ2v) is 7.65. The molecule has 0 radical (unpaired) electrons. The first-order valence-corrected chi connectivity index (χ1v) is 9.98. The largest absolute Gasteiger partial charge is 0.478 e. The molecule has 7 heteroatoms. The van der Waals surface area contributed by atoms with E-state index in [4.69, 9.17) is 10.1 Å². The molecule has 1 atom stereocenters. The van der Waals surface area contributed by atoms with Crippen molar-refractivity contribution in [2.75, 3.05) is 5.32 Å². The highest BCUT2D eigenvalue weighted by Gasteiger charge is 2.27. The van der Waals surface area contributed by atoms with Crippen LogP contribution in [0.2, 0.25) is 0 Å². The molecule has 0 spiro atoms. The molecule has 7 nitrogen and oxygen atoms in total. The van der Waals surface area contributed by atoms with Gasteiger partial charge in [0.2, 0.25) is 5.95 Å². The zero-order chi connectivity index (χ0) is 20.9. The number of hydrogen-bond acceptors (Lipinski definition) is 5. The molecule has 2 heterocycles. The van der Waals surface area contributed by atoms with Crippen molar-refractivity contribution in [2.45, 2.75) is 12.5 Å². The quantitative estimate of drug-likeness (QED) is 0.453. The maximum absolute atomic E-state index is 11.0. The molecular formula is C24H17N5O2. The number of carbonyl (C=O) groups is 1. The molecule has 0 aliphatic heterocycles. The number of aromatic carboxylic acids is 1. The van der Waals surface area contributed by atoms with Crippen LogP contribution in [0.1, 0.15) is 27.5 Å². The van der Waals surface area contributed by atoms with Crippen LogP contribution in [-0.2, 0) is 6.42 Å². The van der Waals surface area contributed by atoms with E-state index in [-0.39, 0.29) is 11.6 Å². The first kappa shape index (κ1) is 17.6. The van der Waals surface area contributed by atoms with Gasteiger partial charge in [-0.2, -0.15) is 10.1 Å². The van der Waals surface area contributed by atoms with Crippen LogP contribution in [0.3, 0.4) is 0 Å². The molecule has 150 valence electrons. The Hall–Kier alpha value is -4.26. The van der Waals surface area contributed by atoms with E-state index in [1.54, 1.807) is 36.7 Å². The minimum Gasteiger partial charge on any atom is -0.478 e. The summed E-state index contributed by atoms with van der Waals surface area (Å²) in [5.74, 6) is -0.522. The Morgan fingerprint density at radius 3 is 2.61 bits per heavy atom. The summed E-state index contributed by atoms with van der Waals surface area (Å²) < 4.78 is 1.98. The van der Waals surface area contributed by atoms with Crippen molar-refractivity contribution in [1.82, 2.24) is 19.7 Å². The van der Waals surface area contributed by atoms with Gasteiger partial charge in [-0.05, 0) is 52.6 Å². The third-order valence-electron chi connectivity index (χ3n) is 5.81. The minimum absolute atomic E-state index is 0.0798. The van der Waals surface area contributed by atoms with Gasteiger partial charge in [-0.3, -0.25) is 0 Å². The number of carboxylic acids is 1. The summed E-state index contributed by atoms with van der Waals surface area (Å²) in [7, 11) is 0. The van der Waals surface area contributed by atoms with Gasteiger partial charge in [-0.1, -0.05) is 36.4 Å². The fraction of sp³-hybridized carbons (Fsp3) is 0.0833. The average Bonchev–Trinajstić information content (AvgIpc) is 3.37. The smallest absolute Gasteiger partial charge is 0.335 e. The molecule has 5 aromatic rings. The Balaban J connectivity index is 1.38. The van der Waals surface area contributed by atoms with Crippen molar-refractivity contribution in [1.29, 1.82) is 0 Å². The van der Waals surface area contributed by atoms with E-state index in [1.165, 1.54) is 21.9 Å². The maximum Gasteiger partial charge on any atom is 0.335 e. The van der Waals surface area contributed by atoms with Gasteiger partial charge < -0.3 is 10.4 Å². The molecule has 6 rings (SSSR count). The summed E-state index contributed by atoms with van der Waals surface area (Å²) >= 11 is 0. The van der Waals surface area contributed by atoms with Gasteiger partial charge >= 0.3 is 5.97 Å². The molecule has 0 saturated heterocycles. The van der Waals surface area contributed by atoms with E-state index in [9.17, 15) is 4.79 Å². The summed E-state index contributed by atoms with van der Waals surface area (Å²) in [5, 5.41) is 20.3. The molecule has 1 aliphatic carbocycles. The number of aromatic nitrogens is 4. The predicted molar refractivity (Wildman–Crippen MR) is 118 cm³/mol. The van der Waals surface area contributed by atoms with Crippen molar-refractivity contribution in [2.24, 2.45) is 0 Å². The summed E-state index contributed by atoms with van der Waals surface area (Å²) in [6.45, 7) is 0. The SMILES string of the molecule is O=C(O)c1ccc(Nc2ncc3cnn([C@H]4Cc5cccc6cccc4c56)c3n2)cc1. The lowest BCUT2D eigenvalue weighted by molar-refractivity contribution is 0.0697. The number of fused-ring (bicyclic) bond motifs is 1. The van der Waals surface area contributed by atoms with Crippen molar-refractivity contribution in [3.05, 3.63) is 89.7 Å². The third kappa shape index (κ3) is 2.82. The zero-order valence-corrected chi connectivity index (χ0v) is 16.4. The molecule has 0 saturated carbocycles. The normalized spacial score (nSPS) is 14.9. The molecule has 0 fully saturated rings. The molecule has 0 amide bonds. The van der Waals surface area contributed by atoms with Crippen LogP contribution in [0.15, 0.2) is 73.1 Å². The molecule has 2 N–H and O–H groups in total. The van der Waals surface area contributed by atoms with E-state index in [1.807, 2.05) is 4.68 Å². The molecular weight excluding hydrogens is 390 g/mol. The van der Waals surface area contributed by atoms with E-state index in [0.717, 1.165) is 17.5 Å². The fourth-order valence-corrected chi connectivity index (χ4v) is 4.38. The van der Waals surface area contributed by atoms with E-state index < -0.39 is 5.97 Å². The lowest BCUT2D eigenvalue weighted by Gasteiger charge is -2.14. The molecule has 0 bridgehead atoms. The van der Waals surface area contributed by atoms with Gasteiger partial charge in [0.1, 0.15) is 0 Å². The second-order valence-electron chi connectivity index (χ2n) is 7.65. The summed E-state index contributed by atoms with van der Waals surface area (Å²) in [6.07, 6.45) is 4.42. The molecule has 0 unspecified atom stereocenters. The maximum atomic E-state index is 11.0. The van der Waals surface area contributed by atoms with E-state index >= 15 is 0 Å². The zero-order valence-electron chi connectivity index (χ0n) is 16.4.